The molecule has 0 spiro atoms. The van der Waals surface area contributed by atoms with Crippen LogP contribution in [0.15, 0.2) is 119 Å². The Hall–Kier alpha value is -5.30. The fraction of sp³-hybridized carbons (Fsp3) is 0.0588. The molecule has 236 valence electrons. The molecule has 1 aromatic heterocycles. The molecule has 0 fully saturated rings. The lowest BCUT2D eigenvalue weighted by atomic mass is 10.1. The van der Waals surface area contributed by atoms with E-state index >= 15 is 0 Å². The maximum absolute atomic E-state index is 13.5. The van der Waals surface area contributed by atoms with E-state index in [4.69, 9.17) is 11.6 Å². The van der Waals surface area contributed by atoms with Crippen LogP contribution < -0.4 is 16.0 Å². The van der Waals surface area contributed by atoms with Gasteiger partial charge in [-0.2, -0.15) is 0 Å². The molecule has 4 aromatic carbocycles. The molecule has 3 amide bonds. The molecule has 0 aliphatic rings. The Kier molecular flexibility index (Phi) is 10.8. The van der Waals surface area contributed by atoms with Gasteiger partial charge in [0.2, 0.25) is 5.91 Å². The molecule has 5 aromatic rings. The number of anilines is 2. The van der Waals surface area contributed by atoms with Crippen molar-refractivity contribution >= 4 is 75.0 Å². The van der Waals surface area contributed by atoms with Crippen LogP contribution in [0.2, 0.25) is 5.02 Å². The number of benzene rings is 4. The second-order valence-corrected chi connectivity index (χ2v) is 12.7. The Labute approximate surface area is 283 Å². The van der Waals surface area contributed by atoms with Gasteiger partial charge in [-0.05, 0) is 61.5 Å². The Morgan fingerprint density at radius 2 is 1.66 bits per heavy atom. The van der Waals surface area contributed by atoms with Gasteiger partial charge in [0, 0.05) is 38.2 Å². The zero-order valence-electron chi connectivity index (χ0n) is 24.7. The molecule has 10 nitrogen and oxygen atoms in total. The molecule has 5 rings (SSSR count). The van der Waals surface area contributed by atoms with Crippen LogP contribution in [0.1, 0.15) is 22.8 Å². The van der Waals surface area contributed by atoms with Crippen LogP contribution in [-0.4, -0.2) is 32.9 Å². The van der Waals surface area contributed by atoms with Gasteiger partial charge in [-0.3, -0.25) is 24.5 Å². The van der Waals surface area contributed by atoms with Crippen LogP contribution in [0, 0.1) is 10.1 Å². The van der Waals surface area contributed by atoms with Crippen LogP contribution in [-0.2, 0) is 9.59 Å². The van der Waals surface area contributed by atoms with E-state index in [-0.39, 0.29) is 22.9 Å². The third kappa shape index (κ3) is 8.91. The normalized spacial score (nSPS) is 11.7. The van der Waals surface area contributed by atoms with E-state index in [1.165, 1.54) is 47.4 Å². The van der Waals surface area contributed by atoms with E-state index < -0.39 is 22.0 Å². The van der Waals surface area contributed by atoms with Crippen LogP contribution in [0.4, 0.5) is 16.5 Å². The number of nitrogens with zero attached hydrogens (tertiary/aromatic N) is 2. The molecule has 0 bridgehead atoms. The number of nitro groups is 1. The molecule has 3 N–H and O–H groups in total. The minimum Gasteiger partial charge on any atom is -0.321 e. The quantitative estimate of drug-likeness (QED) is 0.0556. The number of carbonyl (C=O) groups is 3. The predicted octanol–water partition coefficient (Wildman–Crippen LogP) is 7.90. The third-order valence-corrected chi connectivity index (χ3v) is 8.71. The van der Waals surface area contributed by atoms with E-state index in [0.29, 0.717) is 26.3 Å². The van der Waals surface area contributed by atoms with Crippen molar-refractivity contribution in [1.82, 2.24) is 10.3 Å². The molecule has 1 heterocycles. The van der Waals surface area contributed by atoms with Crippen LogP contribution >= 0.6 is 34.7 Å². The first-order chi connectivity index (χ1) is 22.7. The average molecular weight is 684 g/mol. The fourth-order valence-corrected chi connectivity index (χ4v) is 6.04. The zero-order chi connectivity index (χ0) is 33.3. The molecule has 13 heteroatoms. The highest BCUT2D eigenvalue weighted by atomic mass is 35.5. The van der Waals surface area contributed by atoms with E-state index in [0.717, 1.165) is 11.3 Å². The number of thiazole rings is 1. The summed E-state index contributed by atoms with van der Waals surface area (Å²) in [5, 5.41) is 22.2. The van der Waals surface area contributed by atoms with Crippen LogP contribution in [0.5, 0.6) is 0 Å². The summed E-state index contributed by atoms with van der Waals surface area (Å²) in [7, 11) is 0. The molecular weight excluding hydrogens is 658 g/mol. The maximum Gasteiger partial charge on any atom is 0.276 e. The molecule has 47 heavy (non-hydrogen) atoms. The number of hydrogen-bond donors (Lipinski definition) is 3. The van der Waals surface area contributed by atoms with E-state index in [1.54, 1.807) is 79.7 Å². The van der Waals surface area contributed by atoms with Crippen molar-refractivity contribution in [2.75, 3.05) is 10.6 Å². The van der Waals surface area contributed by atoms with Gasteiger partial charge in [0.05, 0.1) is 21.4 Å². The number of rotatable bonds is 11. The smallest absolute Gasteiger partial charge is 0.276 e. The summed E-state index contributed by atoms with van der Waals surface area (Å²) in [4.78, 5) is 55.7. The standard InChI is InChI=1S/C34H26ClN5O5S2/c1-21(31(41)39-34-38-29(20-46-34)22-14-16-25(35)17-15-22)47-27-12-7-11-26(19-27)36-33(43)28(37-32(42)23-8-3-2-4-9-23)18-24-10-5-6-13-30(24)40(44)45/h2-21H,1H3,(H,36,43)(H,37,42)(H,38,39,41)/b28-18+. The predicted molar refractivity (Wildman–Crippen MR) is 187 cm³/mol. The second kappa shape index (κ2) is 15.3. The first-order valence-corrected chi connectivity index (χ1v) is 16.2. The van der Waals surface area contributed by atoms with Crippen LogP contribution in [0.25, 0.3) is 17.3 Å². The molecule has 0 aliphatic heterocycles. The second-order valence-electron chi connectivity index (χ2n) is 9.97. The average Bonchev–Trinajstić information content (AvgIpc) is 3.53. The summed E-state index contributed by atoms with van der Waals surface area (Å²) in [5.41, 5.74) is 2.02. The number of hydrogen-bond acceptors (Lipinski definition) is 8. The van der Waals surface area contributed by atoms with Crippen molar-refractivity contribution < 1.29 is 19.3 Å². The molecule has 0 saturated heterocycles. The SMILES string of the molecule is CC(Sc1cccc(NC(=O)/C(=C\c2ccccc2[N+](=O)[O-])NC(=O)c2ccccc2)c1)C(=O)Nc1nc(-c2ccc(Cl)cc2)cs1. The molecule has 0 aliphatic carbocycles. The lowest BCUT2D eigenvalue weighted by Crippen LogP contribution is -2.30. The fourth-order valence-electron chi connectivity index (χ4n) is 4.27. The van der Waals surface area contributed by atoms with Gasteiger partial charge in [-0.15, -0.1) is 23.1 Å². The maximum atomic E-state index is 13.5. The van der Waals surface area contributed by atoms with Crippen molar-refractivity contribution in [2.45, 2.75) is 17.1 Å². The van der Waals surface area contributed by atoms with Crippen molar-refractivity contribution in [3.8, 4) is 11.3 Å². The third-order valence-electron chi connectivity index (χ3n) is 6.61. The van der Waals surface area contributed by atoms with E-state index in [2.05, 4.69) is 20.9 Å². The number of carbonyl (C=O) groups excluding carboxylic acids is 3. The van der Waals surface area contributed by atoms with E-state index in [1.807, 2.05) is 17.5 Å². The zero-order valence-corrected chi connectivity index (χ0v) is 27.1. The van der Waals surface area contributed by atoms with Gasteiger partial charge < -0.3 is 16.0 Å². The molecule has 0 radical (unpaired) electrons. The number of para-hydroxylation sites is 1. The number of amides is 3. The Morgan fingerprint density at radius 3 is 2.40 bits per heavy atom. The van der Waals surface area contributed by atoms with E-state index in [9.17, 15) is 24.5 Å². The topological polar surface area (TPSA) is 143 Å². The van der Waals surface area contributed by atoms with Crippen molar-refractivity contribution in [3.05, 3.63) is 140 Å². The lowest BCUT2D eigenvalue weighted by Gasteiger charge is -2.13. The first kappa shape index (κ1) is 33.1. The van der Waals surface area contributed by atoms with Gasteiger partial charge in [0.25, 0.3) is 17.5 Å². The number of nitro benzene ring substituents is 1. The number of halogens is 1. The molecule has 1 atom stereocenters. The van der Waals surface area contributed by atoms with Crippen molar-refractivity contribution in [2.24, 2.45) is 0 Å². The first-order valence-electron chi connectivity index (χ1n) is 14.1. The summed E-state index contributed by atoms with van der Waals surface area (Å²) in [6.45, 7) is 1.76. The summed E-state index contributed by atoms with van der Waals surface area (Å²) >= 11 is 8.56. The minimum absolute atomic E-state index is 0.140. The highest BCUT2D eigenvalue weighted by molar-refractivity contribution is 8.00. The van der Waals surface area contributed by atoms with Crippen molar-refractivity contribution in [1.29, 1.82) is 0 Å². The van der Waals surface area contributed by atoms with Gasteiger partial charge >= 0.3 is 0 Å². The Morgan fingerprint density at radius 1 is 0.936 bits per heavy atom. The van der Waals surface area contributed by atoms with Gasteiger partial charge in [-0.1, -0.05) is 60.1 Å². The van der Waals surface area contributed by atoms with Crippen molar-refractivity contribution in [3.63, 3.8) is 0 Å². The highest BCUT2D eigenvalue weighted by Gasteiger charge is 2.20. The summed E-state index contributed by atoms with van der Waals surface area (Å²) < 4.78 is 0. The molecular formula is C34H26ClN5O5S2. The highest BCUT2D eigenvalue weighted by Crippen LogP contribution is 2.29. The summed E-state index contributed by atoms with van der Waals surface area (Å²) in [6, 6.07) is 28.3. The van der Waals surface area contributed by atoms with Gasteiger partial charge in [0.1, 0.15) is 5.70 Å². The Bertz CT molecular complexity index is 1970. The largest absolute Gasteiger partial charge is 0.321 e. The lowest BCUT2D eigenvalue weighted by molar-refractivity contribution is -0.385. The molecule has 0 saturated carbocycles. The summed E-state index contributed by atoms with van der Waals surface area (Å²) in [5.74, 6) is -1.50. The monoisotopic (exact) mass is 683 g/mol. The number of thioether (sulfide) groups is 1. The minimum atomic E-state index is -0.694. The number of nitrogens with one attached hydrogen (secondary N) is 3. The van der Waals surface area contributed by atoms with Crippen LogP contribution in [0.3, 0.4) is 0 Å². The van der Waals surface area contributed by atoms with Gasteiger partial charge in [0.15, 0.2) is 5.13 Å². The summed E-state index contributed by atoms with van der Waals surface area (Å²) in [6.07, 6.45) is 1.26. The molecule has 1 unspecified atom stereocenters. The van der Waals surface area contributed by atoms with Gasteiger partial charge in [-0.25, -0.2) is 4.98 Å². The number of aromatic nitrogens is 1. The Balaban J connectivity index is 1.28.